The van der Waals surface area contributed by atoms with Crippen LogP contribution in [0.4, 0.5) is 0 Å². The van der Waals surface area contributed by atoms with Crippen LogP contribution >= 0.6 is 0 Å². The van der Waals surface area contributed by atoms with Gasteiger partial charge in [-0.1, -0.05) is 0 Å². The van der Waals surface area contributed by atoms with Crippen molar-refractivity contribution in [1.29, 1.82) is 0 Å². The van der Waals surface area contributed by atoms with Gasteiger partial charge in [-0.25, -0.2) is 0 Å². The van der Waals surface area contributed by atoms with E-state index in [9.17, 15) is 9.59 Å². The molecule has 0 bridgehead atoms. The molecule has 9 nitrogen and oxygen atoms in total. The van der Waals surface area contributed by atoms with E-state index in [2.05, 4.69) is 4.90 Å². The van der Waals surface area contributed by atoms with Crippen LogP contribution in [0.5, 0.6) is 0 Å². The molecule has 0 aromatic carbocycles. The molecule has 0 spiro atoms. The molecule has 2 fully saturated rings. The number of morpholine rings is 1. The van der Waals surface area contributed by atoms with Gasteiger partial charge in [0.2, 0.25) is 5.91 Å². The third kappa shape index (κ3) is 6.93. The molecule has 0 aliphatic carbocycles. The second-order valence-electron chi connectivity index (χ2n) is 8.50. The third-order valence-corrected chi connectivity index (χ3v) is 6.08. The van der Waals surface area contributed by atoms with Crippen LogP contribution in [0, 0.1) is 0 Å². The maximum atomic E-state index is 13.4. The minimum absolute atomic E-state index is 0.0134. The summed E-state index contributed by atoms with van der Waals surface area (Å²) in [6, 6.07) is 6.97. The highest BCUT2D eigenvalue weighted by Gasteiger charge is 2.27. The fourth-order valence-electron chi connectivity index (χ4n) is 4.26. The maximum absolute atomic E-state index is 13.4. The topological polar surface area (TPSA) is 88.6 Å². The smallest absolute Gasteiger partial charge is 0.290 e. The minimum atomic E-state index is -0.273. The normalized spacial score (nSPS) is 19.0. The fourth-order valence-corrected chi connectivity index (χ4v) is 4.26. The van der Waals surface area contributed by atoms with Gasteiger partial charge in [0.25, 0.3) is 5.91 Å². The van der Waals surface area contributed by atoms with Crippen LogP contribution in [-0.4, -0.2) is 91.7 Å². The van der Waals surface area contributed by atoms with Crippen LogP contribution in [0.3, 0.4) is 0 Å². The van der Waals surface area contributed by atoms with Crippen LogP contribution in [0.15, 0.2) is 45.6 Å². The largest absolute Gasteiger partial charge is 0.467 e. The molecular weight excluding hydrogens is 426 g/mol. The zero-order valence-electron chi connectivity index (χ0n) is 19.0. The van der Waals surface area contributed by atoms with Crippen molar-refractivity contribution in [2.24, 2.45) is 0 Å². The Balaban J connectivity index is 1.40. The summed E-state index contributed by atoms with van der Waals surface area (Å²) in [4.78, 5) is 32.1. The second-order valence-corrected chi connectivity index (χ2v) is 8.50. The van der Waals surface area contributed by atoms with E-state index < -0.39 is 0 Å². The van der Waals surface area contributed by atoms with Crippen LogP contribution in [0.25, 0.3) is 0 Å². The van der Waals surface area contributed by atoms with Crippen molar-refractivity contribution in [1.82, 2.24) is 14.7 Å². The van der Waals surface area contributed by atoms with Gasteiger partial charge in [-0.15, -0.1) is 0 Å². The summed E-state index contributed by atoms with van der Waals surface area (Å²) in [5, 5.41) is 0. The number of furan rings is 2. The molecule has 9 heteroatoms. The van der Waals surface area contributed by atoms with Gasteiger partial charge in [0.05, 0.1) is 38.4 Å². The molecule has 4 rings (SSSR count). The van der Waals surface area contributed by atoms with E-state index in [1.54, 1.807) is 28.2 Å². The molecule has 0 radical (unpaired) electrons. The van der Waals surface area contributed by atoms with Gasteiger partial charge >= 0.3 is 0 Å². The maximum Gasteiger partial charge on any atom is 0.290 e. The molecule has 33 heavy (non-hydrogen) atoms. The van der Waals surface area contributed by atoms with E-state index in [-0.39, 0.29) is 30.2 Å². The number of hydrogen-bond donors (Lipinski definition) is 0. The first-order valence-electron chi connectivity index (χ1n) is 11.7. The highest BCUT2D eigenvalue weighted by Crippen LogP contribution is 2.16. The van der Waals surface area contributed by atoms with Crippen LogP contribution in [0.2, 0.25) is 0 Å². The van der Waals surface area contributed by atoms with Crippen molar-refractivity contribution < 1.29 is 27.9 Å². The molecule has 4 heterocycles. The lowest BCUT2D eigenvalue weighted by molar-refractivity contribution is -0.134. The standard InChI is InChI=1S/C24H33N3O6/c28-23(27(17-20-5-1-12-31-20)18-21-6-2-13-32-21)19-26(24(29)22-7-3-14-33-22)9-4-8-25-10-15-30-16-11-25/h1,3,5,7,12,14,21H,2,4,6,8-11,13,15-19H2. The van der Waals surface area contributed by atoms with Crippen LogP contribution in [0.1, 0.15) is 35.6 Å². The quantitative estimate of drug-likeness (QED) is 0.509. The van der Waals surface area contributed by atoms with Crippen molar-refractivity contribution >= 4 is 11.8 Å². The second kappa shape index (κ2) is 12.0. The fraction of sp³-hybridized carbons (Fsp3) is 0.583. The van der Waals surface area contributed by atoms with E-state index in [1.807, 2.05) is 12.1 Å². The molecule has 1 unspecified atom stereocenters. The van der Waals surface area contributed by atoms with Gasteiger partial charge in [0, 0.05) is 39.3 Å². The molecule has 2 saturated heterocycles. The lowest BCUT2D eigenvalue weighted by Crippen LogP contribution is -2.46. The van der Waals surface area contributed by atoms with Gasteiger partial charge in [-0.2, -0.15) is 0 Å². The minimum Gasteiger partial charge on any atom is -0.467 e. The number of ether oxygens (including phenoxy) is 2. The number of carbonyl (C=O) groups is 2. The predicted octanol–water partition coefficient (Wildman–Crippen LogP) is 2.24. The zero-order valence-corrected chi connectivity index (χ0v) is 19.0. The van der Waals surface area contributed by atoms with Gasteiger partial charge in [0.15, 0.2) is 5.76 Å². The molecular formula is C24H33N3O6. The zero-order chi connectivity index (χ0) is 22.9. The Morgan fingerprint density at radius 3 is 2.55 bits per heavy atom. The highest BCUT2D eigenvalue weighted by molar-refractivity contribution is 5.94. The van der Waals surface area contributed by atoms with E-state index in [4.69, 9.17) is 18.3 Å². The number of hydrogen-bond acceptors (Lipinski definition) is 7. The monoisotopic (exact) mass is 459 g/mol. The number of amides is 2. The van der Waals surface area contributed by atoms with Crippen LogP contribution in [-0.2, 0) is 20.8 Å². The molecule has 1 atom stereocenters. The average molecular weight is 460 g/mol. The molecule has 0 N–H and O–H groups in total. The van der Waals surface area contributed by atoms with Crippen molar-refractivity contribution in [2.75, 3.05) is 59.1 Å². The molecule has 2 aromatic rings. The summed E-state index contributed by atoms with van der Waals surface area (Å²) < 4.78 is 22.0. The Bertz CT molecular complexity index is 842. The Labute approximate surface area is 194 Å². The van der Waals surface area contributed by atoms with Gasteiger partial charge in [0.1, 0.15) is 12.3 Å². The van der Waals surface area contributed by atoms with E-state index >= 15 is 0 Å². The summed E-state index contributed by atoms with van der Waals surface area (Å²) >= 11 is 0. The Morgan fingerprint density at radius 2 is 1.85 bits per heavy atom. The number of carbonyl (C=O) groups excluding carboxylic acids is 2. The molecule has 180 valence electrons. The van der Waals surface area contributed by atoms with E-state index in [0.717, 1.165) is 58.7 Å². The lowest BCUT2D eigenvalue weighted by atomic mass is 10.2. The Hall–Kier alpha value is -2.62. The molecule has 0 saturated carbocycles. The molecule has 2 aromatic heterocycles. The Morgan fingerprint density at radius 1 is 1.03 bits per heavy atom. The summed E-state index contributed by atoms with van der Waals surface area (Å²) in [6.07, 6.45) is 5.78. The van der Waals surface area contributed by atoms with Gasteiger partial charge < -0.3 is 28.1 Å². The summed E-state index contributed by atoms with van der Waals surface area (Å²) in [5.41, 5.74) is 0. The lowest BCUT2D eigenvalue weighted by Gasteiger charge is -2.30. The van der Waals surface area contributed by atoms with Crippen LogP contribution < -0.4 is 0 Å². The SMILES string of the molecule is O=C(CN(CCCN1CCOCC1)C(=O)c1ccco1)N(Cc1ccco1)CC1CCCO1. The first-order chi connectivity index (χ1) is 16.2. The van der Waals surface area contributed by atoms with Gasteiger partial charge in [-0.3, -0.25) is 14.5 Å². The Kier molecular flexibility index (Phi) is 8.57. The first kappa shape index (κ1) is 23.5. The average Bonchev–Trinajstić information content (AvgIpc) is 3.62. The number of rotatable bonds is 11. The van der Waals surface area contributed by atoms with E-state index in [0.29, 0.717) is 25.4 Å². The molecule has 2 amide bonds. The molecule has 2 aliphatic rings. The first-order valence-corrected chi connectivity index (χ1v) is 11.7. The summed E-state index contributed by atoms with van der Waals surface area (Å²) in [5.74, 6) is 0.544. The summed E-state index contributed by atoms with van der Waals surface area (Å²) in [6.45, 7) is 6.11. The van der Waals surface area contributed by atoms with Crippen molar-refractivity contribution in [3.63, 3.8) is 0 Å². The molecule has 2 aliphatic heterocycles. The highest BCUT2D eigenvalue weighted by atomic mass is 16.5. The van der Waals surface area contributed by atoms with Gasteiger partial charge in [-0.05, 0) is 43.5 Å². The predicted molar refractivity (Wildman–Crippen MR) is 120 cm³/mol. The van der Waals surface area contributed by atoms with Crippen molar-refractivity contribution in [2.45, 2.75) is 31.9 Å². The van der Waals surface area contributed by atoms with Crippen molar-refractivity contribution in [3.8, 4) is 0 Å². The van der Waals surface area contributed by atoms with E-state index in [1.165, 1.54) is 6.26 Å². The summed E-state index contributed by atoms with van der Waals surface area (Å²) in [7, 11) is 0. The van der Waals surface area contributed by atoms with Crippen molar-refractivity contribution in [3.05, 3.63) is 48.3 Å². The third-order valence-electron chi connectivity index (χ3n) is 6.08. The number of nitrogens with zero attached hydrogens (tertiary/aromatic N) is 3.